The lowest BCUT2D eigenvalue weighted by atomic mass is 10.1. The van der Waals surface area contributed by atoms with Gasteiger partial charge in [-0.2, -0.15) is 0 Å². The maximum atomic E-state index is 4.26. The highest BCUT2D eigenvalue weighted by Gasteiger charge is 2.14. The summed E-state index contributed by atoms with van der Waals surface area (Å²) in [6.07, 6.45) is 6.19. The van der Waals surface area contributed by atoms with Crippen molar-refractivity contribution in [3.05, 3.63) is 24.0 Å². The van der Waals surface area contributed by atoms with E-state index in [9.17, 15) is 0 Å². The first kappa shape index (κ1) is 14.0. The molecule has 0 saturated heterocycles. The minimum atomic E-state index is 0.597. The van der Waals surface area contributed by atoms with E-state index in [4.69, 9.17) is 0 Å². The summed E-state index contributed by atoms with van der Waals surface area (Å²) in [6.45, 7) is 8.52. The van der Waals surface area contributed by atoms with Crippen LogP contribution in [0.2, 0.25) is 0 Å². The van der Waals surface area contributed by atoms with E-state index in [1.807, 2.05) is 12.4 Å². The predicted octanol–water partition coefficient (Wildman–Crippen LogP) is 2.82. The fourth-order valence-electron chi connectivity index (χ4n) is 2.17. The number of hydrogen-bond donors (Lipinski definition) is 1. The molecule has 1 aromatic heterocycles. The molecule has 0 amide bonds. The van der Waals surface area contributed by atoms with Crippen LogP contribution in [0.5, 0.6) is 0 Å². The molecule has 1 aromatic rings. The molecule has 96 valence electrons. The molecular weight excluding hydrogens is 210 g/mol. The van der Waals surface area contributed by atoms with Crippen molar-refractivity contribution in [1.82, 2.24) is 10.3 Å². The summed E-state index contributed by atoms with van der Waals surface area (Å²) in [7, 11) is 2.17. The Labute approximate surface area is 105 Å². The van der Waals surface area contributed by atoms with E-state index in [-0.39, 0.29) is 0 Å². The minimum Gasteiger partial charge on any atom is -0.370 e. The first-order valence-corrected chi connectivity index (χ1v) is 6.60. The van der Waals surface area contributed by atoms with Crippen molar-refractivity contribution in [2.45, 2.75) is 46.2 Å². The van der Waals surface area contributed by atoms with E-state index >= 15 is 0 Å². The molecule has 1 rings (SSSR count). The van der Waals surface area contributed by atoms with Gasteiger partial charge in [0.1, 0.15) is 0 Å². The Hall–Kier alpha value is -1.09. The van der Waals surface area contributed by atoms with E-state index in [1.54, 1.807) is 0 Å². The Morgan fingerprint density at radius 2 is 2.00 bits per heavy atom. The molecule has 1 N–H and O–H groups in total. The number of aromatic nitrogens is 1. The van der Waals surface area contributed by atoms with E-state index in [0.29, 0.717) is 6.04 Å². The second-order valence-electron chi connectivity index (χ2n) is 4.37. The molecular formula is C14H25N3. The zero-order chi connectivity index (χ0) is 12.7. The number of nitrogens with zero attached hydrogens (tertiary/aromatic N) is 2. The minimum absolute atomic E-state index is 0.597. The van der Waals surface area contributed by atoms with Crippen LogP contribution in [0.15, 0.2) is 18.5 Å². The fourth-order valence-corrected chi connectivity index (χ4v) is 2.17. The second kappa shape index (κ2) is 7.28. The van der Waals surface area contributed by atoms with Crippen LogP contribution in [0.3, 0.4) is 0 Å². The largest absolute Gasteiger partial charge is 0.370 e. The lowest BCUT2D eigenvalue weighted by molar-refractivity contribution is 0.587. The highest BCUT2D eigenvalue weighted by atomic mass is 15.1. The normalized spacial score (nSPS) is 10.9. The summed E-state index contributed by atoms with van der Waals surface area (Å²) >= 11 is 0. The van der Waals surface area contributed by atoms with Gasteiger partial charge in [-0.25, -0.2) is 0 Å². The molecule has 0 aliphatic rings. The third-order valence-electron chi connectivity index (χ3n) is 3.32. The molecule has 17 heavy (non-hydrogen) atoms. The zero-order valence-corrected chi connectivity index (χ0v) is 11.5. The van der Waals surface area contributed by atoms with Crippen molar-refractivity contribution >= 4 is 5.69 Å². The third-order valence-corrected chi connectivity index (χ3v) is 3.32. The van der Waals surface area contributed by atoms with Crippen molar-refractivity contribution in [2.75, 3.05) is 18.5 Å². The number of nitrogens with one attached hydrogen (secondary N) is 1. The summed E-state index contributed by atoms with van der Waals surface area (Å²) in [6, 6.07) is 2.70. The van der Waals surface area contributed by atoms with Crippen molar-refractivity contribution in [3.8, 4) is 0 Å². The molecule has 0 aliphatic carbocycles. The smallest absolute Gasteiger partial charge is 0.0598 e. The molecule has 0 bridgehead atoms. The van der Waals surface area contributed by atoms with E-state index < -0.39 is 0 Å². The average Bonchev–Trinajstić information content (AvgIpc) is 2.38. The molecule has 0 fully saturated rings. The van der Waals surface area contributed by atoms with Gasteiger partial charge in [0.2, 0.25) is 0 Å². The van der Waals surface area contributed by atoms with Crippen LogP contribution in [0, 0.1) is 0 Å². The van der Waals surface area contributed by atoms with Gasteiger partial charge in [0.05, 0.1) is 11.9 Å². The SMILES string of the molecule is CCNCc1ccncc1N(C)C(CC)CC. The Kier molecular flexibility index (Phi) is 5.98. The van der Waals surface area contributed by atoms with E-state index in [2.05, 4.69) is 49.1 Å². The van der Waals surface area contributed by atoms with E-state index in [0.717, 1.165) is 13.1 Å². The van der Waals surface area contributed by atoms with Gasteiger partial charge in [-0.15, -0.1) is 0 Å². The topological polar surface area (TPSA) is 28.2 Å². The molecule has 1 heterocycles. The molecule has 3 nitrogen and oxygen atoms in total. The molecule has 0 aromatic carbocycles. The van der Waals surface area contributed by atoms with Gasteiger partial charge in [-0.3, -0.25) is 4.98 Å². The number of anilines is 1. The van der Waals surface area contributed by atoms with Crippen LogP contribution >= 0.6 is 0 Å². The molecule has 0 aliphatic heterocycles. The van der Waals surface area contributed by atoms with Crippen LogP contribution < -0.4 is 10.2 Å². The van der Waals surface area contributed by atoms with Crippen LogP contribution in [-0.4, -0.2) is 24.6 Å². The molecule has 0 radical (unpaired) electrons. The van der Waals surface area contributed by atoms with Gasteiger partial charge in [0.15, 0.2) is 0 Å². The molecule has 0 unspecified atom stereocenters. The van der Waals surface area contributed by atoms with Gasteiger partial charge in [0.25, 0.3) is 0 Å². The standard InChI is InChI=1S/C14H25N3/c1-5-13(6-2)17(4)14-11-16-9-8-12(14)10-15-7-3/h8-9,11,13,15H,5-7,10H2,1-4H3. The number of pyridine rings is 1. The lowest BCUT2D eigenvalue weighted by Gasteiger charge is -2.30. The first-order valence-electron chi connectivity index (χ1n) is 6.60. The summed E-state index contributed by atoms with van der Waals surface area (Å²) in [5.41, 5.74) is 2.58. The maximum absolute atomic E-state index is 4.26. The fraction of sp³-hybridized carbons (Fsp3) is 0.643. The van der Waals surface area contributed by atoms with Crippen LogP contribution in [0.4, 0.5) is 5.69 Å². The van der Waals surface area contributed by atoms with Crippen LogP contribution in [0.25, 0.3) is 0 Å². The van der Waals surface area contributed by atoms with Crippen molar-refractivity contribution in [2.24, 2.45) is 0 Å². The van der Waals surface area contributed by atoms with Gasteiger partial charge in [-0.1, -0.05) is 20.8 Å². The van der Waals surface area contributed by atoms with Gasteiger partial charge in [-0.05, 0) is 31.0 Å². The van der Waals surface area contributed by atoms with E-state index in [1.165, 1.54) is 24.1 Å². The lowest BCUT2D eigenvalue weighted by Crippen LogP contribution is -2.31. The quantitative estimate of drug-likeness (QED) is 0.787. The summed E-state index contributed by atoms with van der Waals surface area (Å²) < 4.78 is 0. The Morgan fingerprint density at radius 1 is 1.29 bits per heavy atom. The zero-order valence-electron chi connectivity index (χ0n) is 11.5. The molecule has 0 atom stereocenters. The molecule has 3 heteroatoms. The second-order valence-corrected chi connectivity index (χ2v) is 4.37. The monoisotopic (exact) mass is 235 g/mol. The van der Waals surface area contributed by atoms with Crippen molar-refractivity contribution < 1.29 is 0 Å². The van der Waals surface area contributed by atoms with Crippen LogP contribution in [-0.2, 0) is 6.54 Å². The number of hydrogen-bond acceptors (Lipinski definition) is 3. The average molecular weight is 235 g/mol. The summed E-state index contributed by atoms with van der Waals surface area (Å²) in [4.78, 5) is 6.62. The van der Waals surface area contributed by atoms with Crippen molar-refractivity contribution in [3.63, 3.8) is 0 Å². The Bertz CT molecular complexity index is 321. The maximum Gasteiger partial charge on any atom is 0.0598 e. The van der Waals surface area contributed by atoms with Crippen LogP contribution in [0.1, 0.15) is 39.2 Å². The van der Waals surface area contributed by atoms with Gasteiger partial charge in [0, 0.05) is 25.8 Å². The predicted molar refractivity (Wildman–Crippen MR) is 74.4 cm³/mol. The number of rotatable bonds is 7. The summed E-state index contributed by atoms with van der Waals surface area (Å²) in [5.74, 6) is 0. The highest BCUT2D eigenvalue weighted by molar-refractivity contribution is 5.51. The molecule has 0 spiro atoms. The highest BCUT2D eigenvalue weighted by Crippen LogP contribution is 2.22. The Balaban J connectivity index is 2.87. The third kappa shape index (κ3) is 3.70. The first-order chi connectivity index (χ1) is 8.24. The Morgan fingerprint density at radius 3 is 2.59 bits per heavy atom. The van der Waals surface area contributed by atoms with Gasteiger partial charge >= 0.3 is 0 Å². The molecule has 0 saturated carbocycles. The van der Waals surface area contributed by atoms with Crippen molar-refractivity contribution in [1.29, 1.82) is 0 Å². The summed E-state index contributed by atoms with van der Waals surface area (Å²) in [5, 5.41) is 3.38. The van der Waals surface area contributed by atoms with Gasteiger partial charge < -0.3 is 10.2 Å².